The molecule has 0 nitrogen and oxygen atoms in total. The number of rotatable bonds is 1. The van der Waals surface area contributed by atoms with Gasteiger partial charge >= 0.3 is 6.98 Å². The van der Waals surface area contributed by atoms with E-state index in [1.807, 2.05) is 0 Å². The largest absolute Gasteiger partial charge is 0.509 e. The molecule has 0 amide bonds. The van der Waals surface area contributed by atoms with Crippen LogP contribution in [0, 0.1) is 6.92 Å². The Hall–Kier alpha value is -0.925. The minimum Gasteiger partial charge on any atom is -0.445 e. The van der Waals surface area contributed by atoms with E-state index in [-0.39, 0.29) is 0 Å². The van der Waals surface area contributed by atoms with E-state index in [0.717, 1.165) is 17.7 Å². The van der Waals surface area contributed by atoms with Gasteiger partial charge in [-0.05, 0) is 6.92 Å². The molecule has 4 heteroatoms. The molecule has 1 aromatic rings. The maximum atomic E-state index is 12.0. The second kappa shape index (κ2) is 2.60. The van der Waals surface area contributed by atoms with Crippen LogP contribution in [0.4, 0.5) is 12.9 Å². The monoisotopic (exact) mass is 159 g/mol. The van der Waals surface area contributed by atoms with Gasteiger partial charge in [-0.15, -0.1) is 5.46 Å². The molecule has 0 spiro atoms. The van der Waals surface area contributed by atoms with E-state index in [1.54, 1.807) is 6.92 Å². The van der Waals surface area contributed by atoms with Crippen molar-refractivity contribution in [1.82, 2.24) is 0 Å². The summed E-state index contributed by atoms with van der Waals surface area (Å²) in [6.45, 7) is -3.06. The van der Waals surface area contributed by atoms with E-state index in [9.17, 15) is 12.9 Å². The van der Waals surface area contributed by atoms with Crippen molar-refractivity contribution in [3.8, 4) is 0 Å². The van der Waals surface area contributed by atoms with Crippen molar-refractivity contribution in [2.75, 3.05) is 0 Å². The van der Waals surface area contributed by atoms with Crippen molar-refractivity contribution in [2.24, 2.45) is 0 Å². The van der Waals surface area contributed by atoms with Crippen LogP contribution in [0.1, 0.15) is 5.56 Å². The Morgan fingerprint density at radius 1 is 1.00 bits per heavy atom. The summed E-state index contributed by atoms with van der Waals surface area (Å²) in [6.07, 6.45) is 0. The Kier molecular flexibility index (Phi) is 1.93. The predicted molar refractivity (Wildman–Crippen MR) is 39.9 cm³/mol. The van der Waals surface area contributed by atoms with Gasteiger partial charge in [0.1, 0.15) is 0 Å². The molecule has 0 radical (unpaired) electrons. The van der Waals surface area contributed by atoms with Gasteiger partial charge in [0.05, 0.1) is 0 Å². The average molecular weight is 159 g/mol. The topological polar surface area (TPSA) is 0 Å². The fourth-order valence-electron chi connectivity index (χ4n) is 0.785. The first kappa shape index (κ1) is 8.17. The van der Waals surface area contributed by atoms with Gasteiger partial charge in [0.25, 0.3) is 0 Å². The van der Waals surface area contributed by atoms with Gasteiger partial charge in [0.15, 0.2) is 0 Å². The van der Waals surface area contributed by atoms with E-state index in [0.29, 0.717) is 0 Å². The molecule has 0 N–H and O–H groups in total. The third-order valence-electron chi connectivity index (χ3n) is 1.46. The lowest BCUT2D eigenvalue weighted by Crippen LogP contribution is -2.33. The average Bonchev–Trinajstić information content (AvgIpc) is 1.86. The fourth-order valence-corrected chi connectivity index (χ4v) is 0.785. The van der Waals surface area contributed by atoms with Gasteiger partial charge in [0, 0.05) is 0 Å². The summed E-state index contributed by atoms with van der Waals surface area (Å²) in [5, 5.41) is 0. The predicted octanol–water partition coefficient (Wildman–Crippen LogP) is 2.05. The van der Waals surface area contributed by atoms with Crippen molar-refractivity contribution in [1.29, 1.82) is 0 Å². The van der Waals surface area contributed by atoms with Gasteiger partial charge < -0.3 is 12.9 Å². The molecule has 0 saturated heterocycles. The van der Waals surface area contributed by atoms with E-state index in [1.165, 1.54) is 12.1 Å². The van der Waals surface area contributed by atoms with Crippen LogP contribution in [0.5, 0.6) is 0 Å². The lowest BCUT2D eigenvalue weighted by atomic mass is 9.80. The highest BCUT2D eigenvalue weighted by molar-refractivity contribution is 6.73. The third-order valence-corrected chi connectivity index (χ3v) is 1.46. The second-order valence-electron chi connectivity index (χ2n) is 2.49. The summed E-state index contributed by atoms with van der Waals surface area (Å²) in [4.78, 5) is 0. The van der Waals surface area contributed by atoms with Crippen LogP contribution in [0.3, 0.4) is 0 Å². The third kappa shape index (κ3) is 2.00. The number of benzene rings is 1. The van der Waals surface area contributed by atoms with Gasteiger partial charge in [0.2, 0.25) is 0 Å². The van der Waals surface area contributed by atoms with Gasteiger partial charge in [-0.25, -0.2) is 0 Å². The van der Waals surface area contributed by atoms with Crippen LogP contribution < -0.4 is 5.46 Å². The van der Waals surface area contributed by atoms with Crippen LogP contribution in [-0.2, 0) is 0 Å². The molecule has 0 aliphatic heterocycles. The minimum absolute atomic E-state index is 0.532. The SMILES string of the molecule is Cc1ccc([B-](F)(F)F)cc1. The number of halogens is 3. The highest BCUT2D eigenvalue weighted by Crippen LogP contribution is 2.08. The maximum Gasteiger partial charge on any atom is 0.509 e. The molecule has 0 aliphatic carbocycles. The molecule has 1 aromatic carbocycles. The summed E-state index contributed by atoms with van der Waals surface area (Å²) >= 11 is 0. The molecule has 0 aromatic heterocycles. The van der Waals surface area contributed by atoms with Crippen LogP contribution in [-0.4, -0.2) is 6.98 Å². The molecular weight excluding hydrogens is 152 g/mol. The van der Waals surface area contributed by atoms with Crippen molar-refractivity contribution >= 4 is 12.4 Å². The zero-order chi connectivity index (χ0) is 8.48. The molecule has 0 atom stereocenters. The maximum absolute atomic E-state index is 12.0. The Balaban J connectivity index is 2.99. The summed E-state index contributed by atoms with van der Waals surface area (Å²) in [5.74, 6) is 0. The Labute approximate surface area is 63.1 Å². The van der Waals surface area contributed by atoms with E-state index in [4.69, 9.17) is 0 Å². The molecule has 0 aliphatic rings. The Bertz CT molecular complexity index is 237. The van der Waals surface area contributed by atoms with Crippen molar-refractivity contribution in [3.63, 3.8) is 0 Å². The van der Waals surface area contributed by atoms with Crippen molar-refractivity contribution in [3.05, 3.63) is 29.8 Å². The normalized spacial score (nSPS) is 11.6. The number of aryl methyl sites for hydroxylation is 1. The lowest BCUT2D eigenvalue weighted by molar-refractivity contribution is 0.501. The zero-order valence-corrected chi connectivity index (χ0v) is 6.02. The quantitative estimate of drug-likeness (QED) is 0.550. The first-order valence-electron chi connectivity index (χ1n) is 3.26. The summed E-state index contributed by atoms with van der Waals surface area (Å²) in [5.41, 5.74) is 0.310. The first-order chi connectivity index (χ1) is 5.00. The highest BCUT2D eigenvalue weighted by Gasteiger charge is 2.24. The molecule has 11 heavy (non-hydrogen) atoms. The van der Waals surface area contributed by atoms with Crippen LogP contribution in [0.25, 0.3) is 0 Å². The first-order valence-corrected chi connectivity index (χ1v) is 3.26. The van der Waals surface area contributed by atoms with Gasteiger partial charge in [-0.3, -0.25) is 0 Å². The zero-order valence-electron chi connectivity index (χ0n) is 6.02. The van der Waals surface area contributed by atoms with Crippen LogP contribution in [0.2, 0.25) is 0 Å². The lowest BCUT2D eigenvalue weighted by Gasteiger charge is -2.13. The van der Waals surface area contributed by atoms with Gasteiger partial charge in [-0.1, -0.05) is 29.8 Å². The smallest absolute Gasteiger partial charge is 0.445 e. The van der Waals surface area contributed by atoms with Crippen LogP contribution in [0.15, 0.2) is 24.3 Å². The minimum atomic E-state index is -4.82. The van der Waals surface area contributed by atoms with Crippen molar-refractivity contribution in [2.45, 2.75) is 6.92 Å². The second-order valence-corrected chi connectivity index (χ2v) is 2.49. The molecule has 0 saturated carbocycles. The molecule has 0 fully saturated rings. The van der Waals surface area contributed by atoms with E-state index < -0.39 is 12.4 Å². The Morgan fingerprint density at radius 3 is 1.82 bits per heavy atom. The van der Waals surface area contributed by atoms with E-state index in [2.05, 4.69) is 0 Å². The van der Waals surface area contributed by atoms with Gasteiger partial charge in [-0.2, -0.15) is 0 Å². The molecule has 0 bridgehead atoms. The molecule has 0 heterocycles. The molecule has 1 rings (SSSR count). The summed E-state index contributed by atoms with van der Waals surface area (Å²) in [7, 11) is 0. The summed E-state index contributed by atoms with van der Waals surface area (Å²) in [6, 6.07) is 5.14. The standard InChI is InChI=1S/C7H7BF3/c1-6-2-4-7(5-3-6)8(9,10)11/h2-5H,1H3/q-1. The Morgan fingerprint density at radius 2 is 1.45 bits per heavy atom. The summed E-state index contributed by atoms with van der Waals surface area (Å²) < 4.78 is 35.9. The molecule has 60 valence electrons. The highest BCUT2D eigenvalue weighted by atomic mass is 19.4. The van der Waals surface area contributed by atoms with Crippen molar-refractivity contribution < 1.29 is 12.9 Å². The molecular formula is C7H7BF3-. The fraction of sp³-hybridized carbons (Fsp3) is 0.143. The van der Waals surface area contributed by atoms with E-state index >= 15 is 0 Å². The number of hydrogen-bond donors (Lipinski definition) is 0. The molecule has 0 unspecified atom stereocenters. The number of hydrogen-bond acceptors (Lipinski definition) is 0. The van der Waals surface area contributed by atoms with Crippen LogP contribution >= 0.6 is 0 Å².